The summed E-state index contributed by atoms with van der Waals surface area (Å²) in [6.07, 6.45) is -0.254. The van der Waals surface area contributed by atoms with E-state index in [0.717, 1.165) is 17.0 Å². The molecule has 0 spiro atoms. The van der Waals surface area contributed by atoms with Gasteiger partial charge in [-0.3, -0.25) is 4.90 Å². The topological polar surface area (TPSA) is 46.6 Å². The first-order valence-corrected chi connectivity index (χ1v) is 6.02. The summed E-state index contributed by atoms with van der Waals surface area (Å²) in [6, 6.07) is 2.00. The summed E-state index contributed by atoms with van der Waals surface area (Å²) in [7, 11) is 1.36. The molecule has 110 valence electrons. The van der Waals surface area contributed by atoms with E-state index in [1.165, 1.54) is 13.1 Å². The van der Waals surface area contributed by atoms with Crippen LogP contribution in [0.1, 0.15) is 32.4 Å². The van der Waals surface area contributed by atoms with Crippen molar-refractivity contribution in [2.24, 2.45) is 0 Å². The molecule has 0 N–H and O–H groups in total. The van der Waals surface area contributed by atoms with Crippen LogP contribution in [0.4, 0.5) is 13.6 Å². The highest BCUT2D eigenvalue weighted by atomic mass is 19.2. The zero-order valence-electron chi connectivity index (χ0n) is 11.8. The Morgan fingerprint density at radius 2 is 1.90 bits per heavy atom. The van der Waals surface area contributed by atoms with Crippen LogP contribution in [0.3, 0.4) is 0 Å². The molecule has 0 aliphatic rings. The third-order valence-electron chi connectivity index (χ3n) is 2.51. The lowest BCUT2D eigenvalue weighted by Crippen LogP contribution is -2.37. The largest absolute Gasteiger partial charge is 0.444 e. The number of ether oxygens (including phenoxy) is 1. The van der Waals surface area contributed by atoms with Gasteiger partial charge >= 0.3 is 6.09 Å². The quantitative estimate of drug-likeness (QED) is 0.802. The molecule has 0 saturated carbocycles. The van der Waals surface area contributed by atoms with Crippen molar-refractivity contribution < 1.29 is 23.1 Å². The van der Waals surface area contributed by atoms with E-state index >= 15 is 0 Å². The van der Waals surface area contributed by atoms with Crippen molar-refractivity contribution in [1.29, 1.82) is 0 Å². The van der Waals surface area contributed by atoms with Crippen LogP contribution in [0.15, 0.2) is 18.2 Å². The Hall–Kier alpha value is -1.98. The van der Waals surface area contributed by atoms with Gasteiger partial charge in [0.1, 0.15) is 17.9 Å². The molecular weight excluding hydrogens is 268 g/mol. The summed E-state index contributed by atoms with van der Waals surface area (Å²) in [4.78, 5) is 24.0. The summed E-state index contributed by atoms with van der Waals surface area (Å²) in [5, 5.41) is 0. The van der Waals surface area contributed by atoms with E-state index in [1.54, 1.807) is 20.8 Å². The van der Waals surface area contributed by atoms with E-state index in [-0.39, 0.29) is 5.56 Å². The first-order valence-electron chi connectivity index (χ1n) is 6.02. The summed E-state index contributed by atoms with van der Waals surface area (Å²) in [5.41, 5.74) is -0.542. The molecule has 0 aromatic heterocycles. The van der Waals surface area contributed by atoms with Crippen molar-refractivity contribution in [1.82, 2.24) is 4.90 Å². The average molecular weight is 285 g/mol. The number of carbonyl (C=O) groups excluding carboxylic acids is 2. The first kappa shape index (κ1) is 16.1. The van der Waals surface area contributed by atoms with Crippen molar-refractivity contribution >= 4 is 12.4 Å². The number of aldehydes is 1. The molecule has 0 saturated heterocycles. The van der Waals surface area contributed by atoms with Crippen molar-refractivity contribution in [3.05, 3.63) is 35.4 Å². The molecule has 1 atom stereocenters. The van der Waals surface area contributed by atoms with E-state index in [0.29, 0.717) is 6.29 Å². The molecule has 1 rings (SSSR count). The van der Waals surface area contributed by atoms with Crippen LogP contribution in [0.2, 0.25) is 0 Å². The molecular formula is C14H17F2NO3. The molecule has 1 aromatic carbocycles. The van der Waals surface area contributed by atoms with E-state index in [4.69, 9.17) is 4.74 Å². The maximum Gasteiger partial charge on any atom is 0.410 e. The third-order valence-corrected chi connectivity index (χ3v) is 2.51. The third kappa shape index (κ3) is 4.01. The molecule has 0 bridgehead atoms. The summed E-state index contributed by atoms with van der Waals surface area (Å²) in [6.45, 7) is 5.06. The Bertz CT molecular complexity index is 512. The van der Waals surface area contributed by atoms with Crippen LogP contribution in [0, 0.1) is 11.6 Å². The lowest BCUT2D eigenvalue weighted by atomic mass is 10.1. The minimum absolute atomic E-state index is 0.173. The number of hydrogen-bond acceptors (Lipinski definition) is 3. The number of halogens is 2. The monoisotopic (exact) mass is 285 g/mol. The molecule has 0 radical (unpaired) electrons. The summed E-state index contributed by atoms with van der Waals surface area (Å²) in [5.74, 6) is -2.09. The minimum atomic E-state index is -1.08. The maximum atomic E-state index is 13.2. The van der Waals surface area contributed by atoms with Gasteiger partial charge in [0.2, 0.25) is 0 Å². The van der Waals surface area contributed by atoms with Gasteiger partial charge in [-0.15, -0.1) is 0 Å². The van der Waals surface area contributed by atoms with Gasteiger partial charge in [-0.2, -0.15) is 0 Å². The Morgan fingerprint density at radius 3 is 2.35 bits per heavy atom. The van der Waals surface area contributed by atoms with Crippen molar-refractivity contribution in [2.75, 3.05) is 7.05 Å². The number of hydrogen-bond donors (Lipinski definition) is 0. The van der Waals surface area contributed by atoms with Crippen molar-refractivity contribution in [3.8, 4) is 0 Å². The number of likely N-dealkylation sites (N-methyl/N-ethyl adjacent to an activating group) is 1. The van der Waals surface area contributed by atoms with Gasteiger partial charge in [0.25, 0.3) is 0 Å². The predicted molar refractivity (Wildman–Crippen MR) is 69.2 cm³/mol. The van der Waals surface area contributed by atoms with Gasteiger partial charge in [0, 0.05) is 7.05 Å². The van der Waals surface area contributed by atoms with Gasteiger partial charge in [0.05, 0.1) is 0 Å². The van der Waals surface area contributed by atoms with Crippen LogP contribution in [-0.2, 0) is 9.53 Å². The number of rotatable bonds is 3. The average Bonchev–Trinajstić information content (AvgIpc) is 2.32. The highest BCUT2D eigenvalue weighted by Gasteiger charge is 2.26. The Morgan fingerprint density at radius 1 is 1.30 bits per heavy atom. The van der Waals surface area contributed by atoms with Crippen LogP contribution >= 0.6 is 0 Å². The number of amides is 1. The van der Waals surface area contributed by atoms with Crippen LogP contribution in [-0.4, -0.2) is 29.9 Å². The molecule has 20 heavy (non-hydrogen) atoms. The number of benzene rings is 1. The fraction of sp³-hybridized carbons (Fsp3) is 0.429. The SMILES string of the molecule is CN(C(=O)OC(C)(C)C)C(C=O)c1ccc(F)c(F)c1. The van der Waals surface area contributed by atoms with Crippen LogP contribution < -0.4 is 0 Å². The fourth-order valence-electron chi connectivity index (χ4n) is 1.54. The highest BCUT2D eigenvalue weighted by Crippen LogP contribution is 2.21. The fourth-order valence-corrected chi connectivity index (χ4v) is 1.54. The van der Waals surface area contributed by atoms with Crippen LogP contribution in [0.25, 0.3) is 0 Å². The zero-order valence-corrected chi connectivity index (χ0v) is 11.8. The summed E-state index contributed by atoms with van der Waals surface area (Å²) < 4.78 is 31.2. The number of carbonyl (C=O) groups is 2. The van der Waals surface area contributed by atoms with Gasteiger partial charge in [-0.1, -0.05) is 6.07 Å². The van der Waals surface area contributed by atoms with Crippen molar-refractivity contribution in [2.45, 2.75) is 32.4 Å². The molecule has 1 aromatic rings. The molecule has 1 unspecified atom stereocenters. The van der Waals surface area contributed by atoms with E-state index in [1.807, 2.05) is 0 Å². The molecule has 0 heterocycles. The predicted octanol–water partition coefficient (Wildman–Crippen LogP) is 3.07. The lowest BCUT2D eigenvalue weighted by molar-refractivity contribution is -0.112. The van der Waals surface area contributed by atoms with E-state index in [2.05, 4.69) is 0 Å². The summed E-state index contributed by atoms with van der Waals surface area (Å²) >= 11 is 0. The van der Waals surface area contributed by atoms with E-state index < -0.39 is 29.4 Å². The Kier molecular flexibility index (Phi) is 4.81. The Balaban J connectivity index is 2.97. The van der Waals surface area contributed by atoms with Gasteiger partial charge in [-0.05, 0) is 38.5 Å². The second kappa shape index (κ2) is 5.98. The molecule has 0 aliphatic heterocycles. The smallest absolute Gasteiger partial charge is 0.410 e. The minimum Gasteiger partial charge on any atom is -0.444 e. The normalized spacial score (nSPS) is 12.7. The van der Waals surface area contributed by atoms with Crippen molar-refractivity contribution in [3.63, 3.8) is 0 Å². The second-order valence-corrected chi connectivity index (χ2v) is 5.35. The molecule has 0 fully saturated rings. The molecule has 1 amide bonds. The van der Waals surface area contributed by atoms with Gasteiger partial charge in [0.15, 0.2) is 11.6 Å². The zero-order chi connectivity index (χ0) is 15.5. The molecule has 0 aliphatic carbocycles. The lowest BCUT2D eigenvalue weighted by Gasteiger charge is -2.28. The molecule has 6 heteroatoms. The maximum absolute atomic E-state index is 13.2. The van der Waals surface area contributed by atoms with Gasteiger partial charge in [-0.25, -0.2) is 13.6 Å². The number of nitrogens with zero attached hydrogens (tertiary/aromatic N) is 1. The van der Waals surface area contributed by atoms with Gasteiger partial charge < -0.3 is 9.53 Å². The van der Waals surface area contributed by atoms with Crippen LogP contribution in [0.5, 0.6) is 0 Å². The standard InChI is InChI=1S/C14H17F2NO3/c1-14(2,3)20-13(19)17(4)12(8-18)9-5-6-10(15)11(16)7-9/h5-8,12H,1-4H3. The second-order valence-electron chi connectivity index (χ2n) is 5.35. The van der Waals surface area contributed by atoms with E-state index in [9.17, 15) is 18.4 Å². The first-order chi connectivity index (χ1) is 9.15. The highest BCUT2D eigenvalue weighted by molar-refractivity contribution is 5.74. The Labute approximate surface area is 116 Å². The molecule has 4 nitrogen and oxygen atoms in total.